The summed E-state index contributed by atoms with van der Waals surface area (Å²) < 4.78 is 0. The summed E-state index contributed by atoms with van der Waals surface area (Å²) in [6.45, 7) is 1.96. The molecular weight excluding hydrogens is 206 g/mol. The standard InChI is InChI=1S/C11H11N3S/c1-8(5-6-12)15-10-4-2-3-9(7-13)11(10)14/h2-4,8H,5,14H2,1H3. The van der Waals surface area contributed by atoms with Crippen molar-refractivity contribution in [3.05, 3.63) is 23.8 Å². The molecule has 1 atom stereocenters. The Labute approximate surface area is 93.5 Å². The smallest absolute Gasteiger partial charge is 0.101 e. The minimum absolute atomic E-state index is 0.186. The average molecular weight is 217 g/mol. The fraction of sp³-hybridized carbons (Fsp3) is 0.273. The summed E-state index contributed by atoms with van der Waals surface area (Å²) in [4.78, 5) is 0.872. The SMILES string of the molecule is CC(CC#N)Sc1cccc(C#N)c1N. The Bertz CT molecular complexity index is 428. The molecule has 0 saturated carbocycles. The van der Waals surface area contributed by atoms with Gasteiger partial charge in [0.25, 0.3) is 0 Å². The molecule has 0 aromatic heterocycles. The number of para-hydroxylation sites is 1. The molecule has 0 aliphatic rings. The highest BCUT2D eigenvalue weighted by Gasteiger charge is 2.09. The van der Waals surface area contributed by atoms with Crippen LogP contribution in [0.4, 0.5) is 5.69 Å². The summed E-state index contributed by atoms with van der Waals surface area (Å²) in [5.41, 5.74) is 6.81. The van der Waals surface area contributed by atoms with Gasteiger partial charge in [-0.2, -0.15) is 10.5 Å². The fourth-order valence-electron chi connectivity index (χ4n) is 1.13. The molecule has 0 aliphatic heterocycles. The number of rotatable bonds is 3. The van der Waals surface area contributed by atoms with Gasteiger partial charge in [0.1, 0.15) is 6.07 Å². The van der Waals surface area contributed by atoms with E-state index in [1.807, 2.05) is 19.1 Å². The second kappa shape index (κ2) is 5.29. The van der Waals surface area contributed by atoms with Crippen molar-refractivity contribution >= 4 is 17.4 Å². The number of nitrogens with two attached hydrogens (primary N) is 1. The molecule has 0 aliphatic carbocycles. The van der Waals surface area contributed by atoms with E-state index < -0.39 is 0 Å². The Hall–Kier alpha value is -1.65. The third kappa shape index (κ3) is 2.90. The summed E-state index contributed by atoms with van der Waals surface area (Å²) in [6.07, 6.45) is 0.473. The lowest BCUT2D eigenvalue weighted by molar-refractivity contribution is 0.990. The normalized spacial score (nSPS) is 11.4. The van der Waals surface area contributed by atoms with E-state index in [4.69, 9.17) is 16.3 Å². The van der Waals surface area contributed by atoms with E-state index in [2.05, 4.69) is 6.07 Å². The minimum atomic E-state index is 0.186. The van der Waals surface area contributed by atoms with Gasteiger partial charge in [0.05, 0.1) is 17.3 Å². The third-order valence-corrected chi connectivity index (χ3v) is 3.07. The molecule has 1 unspecified atom stereocenters. The molecule has 1 rings (SSSR count). The molecule has 4 heteroatoms. The lowest BCUT2D eigenvalue weighted by Crippen LogP contribution is -1.98. The number of nitrogen functional groups attached to an aromatic ring is 1. The van der Waals surface area contributed by atoms with Crippen LogP contribution in [0.1, 0.15) is 18.9 Å². The zero-order valence-corrected chi connectivity index (χ0v) is 9.21. The Morgan fingerprint density at radius 1 is 1.47 bits per heavy atom. The molecular formula is C11H11N3S. The van der Waals surface area contributed by atoms with Crippen LogP contribution in [0.5, 0.6) is 0 Å². The molecule has 1 aromatic carbocycles. The van der Waals surface area contributed by atoms with Crippen molar-refractivity contribution in [1.29, 1.82) is 10.5 Å². The molecule has 0 bridgehead atoms. The topological polar surface area (TPSA) is 73.6 Å². The van der Waals surface area contributed by atoms with Gasteiger partial charge in [-0.3, -0.25) is 0 Å². The summed E-state index contributed by atoms with van der Waals surface area (Å²) in [5.74, 6) is 0. The van der Waals surface area contributed by atoms with Crippen LogP contribution in [0.15, 0.2) is 23.1 Å². The lowest BCUT2D eigenvalue weighted by Gasteiger charge is -2.09. The van der Waals surface area contributed by atoms with Gasteiger partial charge < -0.3 is 5.73 Å². The first-order chi connectivity index (χ1) is 7.19. The molecule has 0 radical (unpaired) electrons. The van der Waals surface area contributed by atoms with Crippen LogP contribution in [-0.4, -0.2) is 5.25 Å². The number of anilines is 1. The summed E-state index contributed by atoms with van der Waals surface area (Å²) >= 11 is 1.53. The molecule has 76 valence electrons. The lowest BCUT2D eigenvalue weighted by atomic mass is 10.2. The van der Waals surface area contributed by atoms with Crippen molar-refractivity contribution in [3.63, 3.8) is 0 Å². The Balaban J connectivity index is 2.88. The molecule has 15 heavy (non-hydrogen) atoms. The minimum Gasteiger partial charge on any atom is -0.397 e. The largest absolute Gasteiger partial charge is 0.397 e. The van der Waals surface area contributed by atoms with Crippen molar-refractivity contribution in [2.75, 3.05) is 5.73 Å². The van der Waals surface area contributed by atoms with E-state index in [-0.39, 0.29) is 5.25 Å². The molecule has 0 saturated heterocycles. The fourth-order valence-corrected chi connectivity index (χ4v) is 2.12. The molecule has 0 amide bonds. The first-order valence-electron chi connectivity index (χ1n) is 4.51. The number of hydrogen-bond donors (Lipinski definition) is 1. The van der Waals surface area contributed by atoms with Gasteiger partial charge in [-0.25, -0.2) is 0 Å². The van der Waals surface area contributed by atoms with E-state index in [9.17, 15) is 0 Å². The van der Waals surface area contributed by atoms with Gasteiger partial charge in [-0.1, -0.05) is 13.0 Å². The van der Waals surface area contributed by atoms with E-state index in [0.717, 1.165) is 4.90 Å². The highest BCUT2D eigenvalue weighted by molar-refractivity contribution is 8.00. The first kappa shape index (κ1) is 11.4. The van der Waals surface area contributed by atoms with Crippen LogP contribution in [0.25, 0.3) is 0 Å². The summed E-state index contributed by atoms with van der Waals surface area (Å²) in [5, 5.41) is 17.5. The first-order valence-corrected chi connectivity index (χ1v) is 5.39. The van der Waals surface area contributed by atoms with E-state index >= 15 is 0 Å². The van der Waals surface area contributed by atoms with E-state index in [1.165, 1.54) is 11.8 Å². The number of nitriles is 2. The predicted molar refractivity (Wildman–Crippen MR) is 61.1 cm³/mol. The highest BCUT2D eigenvalue weighted by atomic mass is 32.2. The Morgan fingerprint density at radius 2 is 2.20 bits per heavy atom. The maximum atomic E-state index is 8.79. The molecule has 2 N–H and O–H groups in total. The van der Waals surface area contributed by atoms with Crippen LogP contribution in [0.2, 0.25) is 0 Å². The number of thioether (sulfide) groups is 1. The maximum Gasteiger partial charge on any atom is 0.101 e. The molecule has 1 aromatic rings. The second-order valence-electron chi connectivity index (χ2n) is 3.12. The quantitative estimate of drug-likeness (QED) is 0.623. The van der Waals surface area contributed by atoms with Gasteiger partial charge in [0, 0.05) is 16.6 Å². The van der Waals surface area contributed by atoms with Crippen LogP contribution < -0.4 is 5.73 Å². The van der Waals surface area contributed by atoms with Crippen LogP contribution in [0.3, 0.4) is 0 Å². The molecule has 3 nitrogen and oxygen atoms in total. The monoisotopic (exact) mass is 217 g/mol. The zero-order valence-electron chi connectivity index (χ0n) is 8.40. The summed E-state index contributed by atoms with van der Waals surface area (Å²) in [7, 11) is 0. The van der Waals surface area contributed by atoms with E-state index in [1.54, 1.807) is 12.1 Å². The average Bonchev–Trinajstić information content (AvgIpc) is 2.21. The Morgan fingerprint density at radius 3 is 2.80 bits per heavy atom. The van der Waals surface area contributed by atoms with Crippen molar-refractivity contribution in [1.82, 2.24) is 0 Å². The van der Waals surface area contributed by atoms with Gasteiger partial charge in [0.15, 0.2) is 0 Å². The number of hydrogen-bond acceptors (Lipinski definition) is 4. The van der Waals surface area contributed by atoms with Gasteiger partial charge in [-0.15, -0.1) is 11.8 Å². The van der Waals surface area contributed by atoms with Crippen molar-refractivity contribution in [2.45, 2.75) is 23.5 Å². The van der Waals surface area contributed by atoms with Crippen molar-refractivity contribution < 1.29 is 0 Å². The highest BCUT2D eigenvalue weighted by Crippen LogP contribution is 2.31. The van der Waals surface area contributed by atoms with Crippen molar-refractivity contribution in [3.8, 4) is 12.1 Å². The number of nitrogens with zero attached hydrogens (tertiary/aromatic N) is 2. The Kier molecular flexibility index (Phi) is 4.03. The third-order valence-electron chi connectivity index (χ3n) is 1.89. The van der Waals surface area contributed by atoms with Gasteiger partial charge in [-0.05, 0) is 12.1 Å². The van der Waals surface area contributed by atoms with Crippen molar-refractivity contribution in [2.24, 2.45) is 0 Å². The maximum absolute atomic E-state index is 8.79. The zero-order chi connectivity index (χ0) is 11.3. The van der Waals surface area contributed by atoms with Gasteiger partial charge >= 0.3 is 0 Å². The van der Waals surface area contributed by atoms with Crippen LogP contribution in [-0.2, 0) is 0 Å². The second-order valence-corrected chi connectivity index (χ2v) is 4.60. The number of benzene rings is 1. The van der Waals surface area contributed by atoms with Crippen LogP contribution >= 0.6 is 11.8 Å². The van der Waals surface area contributed by atoms with Gasteiger partial charge in [0.2, 0.25) is 0 Å². The predicted octanol–water partition coefficient (Wildman–Crippen LogP) is 2.53. The summed E-state index contributed by atoms with van der Waals surface area (Å²) in [6, 6.07) is 9.51. The van der Waals surface area contributed by atoms with E-state index in [0.29, 0.717) is 17.7 Å². The molecule has 0 heterocycles. The molecule has 0 spiro atoms. The molecule has 0 fully saturated rings. The van der Waals surface area contributed by atoms with Crippen LogP contribution in [0, 0.1) is 22.7 Å².